The van der Waals surface area contributed by atoms with Crippen molar-refractivity contribution in [1.29, 1.82) is 0 Å². The summed E-state index contributed by atoms with van der Waals surface area (Å²) < 4.78 is 23.9. The highest BCUT2D eigenvalue weighted by molar-refractivity contribution is 5.71. The Morgan fingerprint density at radius 1 is 0.889 bits per heavy atom. The SMILES string of the molecule is COc1ccc(C(C)NCc2ccc(OC)c(-c3ccc(F)cc3)c2)cc1. The number of benzene rings is 3. The molecule has 4 heteroatoms. The fourth-order valence-electron chi connectivity index (χ4n) is 3.00. The Balaban J connectivity index is 1.74. The zero-order chi connectivity index (χ0) is 19.2. The molecule has 1 N–H and O–H groups in total. The predicted molar refractivity (Wildman–Crippen MR) is 107 cm³/mol. The van der Waals surface area contributed by atoms with Gasteiger partial charge in [-0.1, -0.05) is 30.3 Å². The number of ether oxygens (including phenoxy) is 2. The molecule has 0 heterocycles. The Morgan fingerprint density at radius 2 is 1.59 bits per heavy atom. The van der Waals surface area contributed by atoms with Crippen LogP contribution in [0.2, 0.25) is 0 Å². The topological polar surface area (TPSA) is 30.5 Å². The second kappa shape index (κ2) is 8.69. The third-order valence-corrected chi connectivity index (χ3v) is 4.65. The summed E-state index contributed by atoms with van der Waals surface area (Å²) in [4.78, 5) is 0. The molecule has 0 aliphatic heterocycles. The van der Waals surface area contributed by atoms with Crippen LogP contribution in [0.1, 0.15) is 24.1 Å². The molecule has 3 nitrogen and oxygen atoms in total. The van der Waals surface area contributed by atoms with E-state index in [2.05, 4.69) is 30.4 Å². The standard InChI is InChI=1S/C23H24FNO2/c1-16(18-7-11-21(26-2)12-8-18)25-15-17-4-13-23(27-3)22(14-17)19-5-9-20(24)10-6-19/h4-14,16,25H,15H2,1-3H3. The lowest BCUT2D eigenvalue weighted by Gasteiger charge is -2.16. The van der Waals surface area contributed by atoms with Gasteiger partial charge in [-0.25, -0.2) is 4.39 Å². The van der Waals surface area contributed by atoms with Gasteiger partial charge in [-0.15, -0.1) is 0 Å². The summed E-state index contributed by atoms with van der Waals surface area (Å²) in [7, 11) is 3.31. The van der Waals surface area contributed by atoms with Crippen LogP contribution < -0.4 is 14.8 Å². The van der Waals surface area contributed by atoms with Crippen LogP contribution in [0.3, 0.4) is 0 Å². The van der Waals surface area contributed by atoms with Gasteiger partial charge in [-0.2, -0.15) is 0 Å². The van der Waals surface area contributed by atoms with E-state index >= 15 is 0 Å². The Kier molecular flexibility index (Phi) is 6.09. The van der Waals surface area contributed by atoms with Crippen LogP contribution in [-0.4, -0.2) is 14.2 Å². The molecule has 0 amide bonds. The van der Waals surface area contributed by atoms with Crippen molar-refractivity contribution in [3.63, 3.8) is 0 Å². The van der Waals surface area contributed by atoms with E-state index in [1.54, 1.807) is 26.4 Å². The van der Waals surface area contributed by atoms with Crippen molar-refractivity contribution in [3.05, 3.63) is 83.7 Å². The minimum Gasteiger partial charge on any atom is -0.497 e. The van der Waals surface area contributed by atoms with Gasteiger partial charge in [0.05, 0.1) is 14.2 Å². The zero-order valence-electron chi connectivity index (χ0n) is 15.8. The Hall–Kier alpha value is -2.85. The van der Waals surface area contributed by atoms with Gasteiger partial charge in [0, 0.05) is 18.2 Å². The van der Waals surface area contributed by atoms with Gasteiger partial charge < -0.3 is 14.8 Å². The maximum atomic E-state index is 13.2. The molecule has 0 radical (unpaired) electrons. The monoisotopic (exact) mass is 365 g/mol. The van der Waals surface area contributed by atoms with Gasteiger partial charge >= 0.3 is 0 Å². The van der Waals surface area contributed by atoms with Gasteiger partial charge in [0.2, 0.25) is 0 Å². The predicted octanol–water partition coefficient (Wildman–Crippen LogP) is 5.36. The number of rotatable bonds is 7. The smallest absolute Gasteiger partial charge is 0.126 e. The number of halogens is 1. The highest BCUT2D eigenvalue weighted by Gasteiger charge is 2.09. The van der Waals surface area contributed by atoms with Crippen molar-refractivity contribution in [2.45, 2.75) is 19.5 Å². The quantitative estimate of drug-likeness (QED) is 0.611. The number of hydrogen-bond acceptors (Lipinski definition) is 3. The first-order chi connectivity index (χ1) is 13.1. The van der Waals surface area contributed by atoms with Crippen LogP contribution in [0, 0.1) is 5.82 Å². The molecule has 1 atom stereocenters. The van der Waals surface area contributed by atoms with Gasteiger partial charge in [-0.05, 0) is 60.0 Å². The van der Waals surface area contributed by atoms with E-state index < -0.39 is 0 Å². The maximum absolute atomic E-state index is 13.2. The fourth-order valence-corrected chi connectivity index (χ4v) is 3.00. The largest absolute Gasteiger partial charge is 0.497 e. The molecule has 0 aromatic heterocycles. The number of methoxy groups -OCH3 is 2. The first-order valence-corrected chi connectivity index (χ1v) is 8.91. The number of hydrogen-bond donors (Lipinski definition) is 1. The molecule has 1 unspecified atom stereocenters. The molecule has 0 bridgehead atoms. The van der Waals surface area contributed by atoms with Crippen molar-refractivity contribution in [1.82, 2.24) is 5.32 Å². The van der Waals surface area contributed by atoms with Crippen molar-refractivity contribution in [3.8, 4) is 22.6 Å². The summed E-state index contributed by atoms with van der Waals surface area (Å²) in [6, 6.07) is 20.8. The van der Waals surface area contributed by atoms with E-state index in [9.17, 15) is 4.39 Å². The van der Waals surface area contributed by atoms with Crippen molar-refractivity contribution in [2.24, 2.45) is 0 Å². The van der Waals surface area contributed by atoms with Crippen molar-refractivity contribution >= 4 is 0 Å². The highest BCUT2D eigenvalue weighted by atomic mass is 19.1. The molecule has 27 heavy (non-hydrogen) atoms. The lowest BCUT2D eigenvalue weighted by atomic mass is 10.0. The van der Waals surface area contributed by atoms with Crippen LogP contribution in [0.15, 0.2) is 66.7 Å². The minimum atomic E-state index is -0.246. The molecule has 0 spiro atoms. The van der Waals surface area contributed by atoms with Gasteiger partial charge in [0.25, 0.3) is 0 Å². The lowest BCUT2D eigenvalue weighted by Crippen LogP contribution is -2.18. The van der Waals surface area contributed by atoms with Gasteiger partial charge in [0.15, 0.2) is 0 Å². The Labute approximate surface area is 159 Å². The summed E-state index contributed by atoms with van der Waals surface area (Å²) in [5, 5.41) is 3.54. The van der Waals surface area contributed by atoms with Crippen LogP contribution in [-0.2, 0) is 6.54 Å². The van der Waals surface area contributed by atoms with Crippen molar-refractivity contribution < 1.29 is 13.9 Å². The molecule has 3 aromatic carbocycles. The third-order valence-electron chi connectivity index (χ3n) is 4.65. The zero-order valence-corrected chi connectivity index (χ0v) is 15.8. The number of nitrogens with one attached hydrogen (secondary N) is 1. The molecule has 0 aliphatic carbocycles. The van der Waals surface area contributed by atoms with Gasteiger partial charge in [-0.3, -0.25) is 0 Å². The molecule has 0 saturated carbocycles. The van der Waals surface area contributed by atoms with Gasteiger partial charge in [0.1, 0.15) is 17.3 Å². The molecule has 3 rings (SSSR count). The first kappa shape index (κ1) is 18.9. The molecular weight excluding hydrogens is 341 g/mol. The average Bonchev–Trinajstić information content (AvgIpc) is 2.72. The molecule has 0 fully saturated rings. The van der Waals surface area contributed by atoms with Crippen LogP contribution >= 0.6 is 0 Å². The van der Waals surface area contributed by atoms with Crippen LogP contribution in [0.5, 0.6) is 11.5 Å². The first-order valence-electron chi connectivity index (χ1n) is 8.91. The molecule has 0 saturated heterocycles. The summed E-state index contributed by atoms with van der Waals surface area (Å²) in [6.07, 6.45) is 0. The summed E-state index contributed by atoms with van der Waals surface area (Å²) in [5.74, 6) is 1.38. The van der Waals surface area contributed by atoms with E-state index in [1.807, 2.05) is 24.3 Å². The normalized spacial score (nSPS) is 11.9. The van der Waals surface area contributed by atoms with Crippen molar-refractivity contribution in [2.75, 3.05) is 14.2 Å². The van der Waals surface area contributed by atoms with E-state index in [4.69, 9.17) is 9.47 Å². The fraction of sp³-hybridized carbons (Fsp3) is 0.217. The second-order valence-electron chi connectivity index (χ2n) is 6.42. The minimum absolute atomic E-state index is 0.201. The summed E-state index contributed by atoms with van der Waals surface area (Å²) >= 11 is 0. The van der Waals surface area contributed by atoms with Crippen LogP contribution in [0.4, 0.5) is 4.39 Å². The Bertz CT molecular complexity index is 876. The summed E-state index contributed by atoms with van der Waals surface area (Å²) in [5.41, 5.74) is 4.21. The lowest BCUT2D eigenvalue weighted by molar-refractivity contribution is 0.414. The van der Waals surface area contributed by atoms with Crippen LogP contribution in [0.25, 0.3) is 11.1 Å². The van der Waals surface area contributed by atoms with E-state index in [-0.39, 0.29) is 11.9 Å². The highest BCUT2D eigenvalue weighted by Crippen LogP contribution is 2.31. The van der Waals surface area contributed by atoms with E-state index in [1.165, 1.54) is 17.7 Å². The van der Waals surface area contributed by atoms with E-state index in [0.717, 1.165) is 28.2 Å². The molecule has 0 aliphatic rings. The second-order valence-corrected chi connectivity index (χ2v) is 6.42. The van der Waals surface area contributed by atoms with E-state index in [0.29, 0.717) is 6.54 Å². The molecule has 3 aromatic rings. The average molecular weight is 365 g/mol. The third kappa shape index (κ3) is 4.66. The summed E-state index contributed by atoms with van der Waals surface area (Å²) in [6.45, 7) is 2.84. The maximum Gasteiger partial charge on any atom is 0.126 e. The Morgan fingerprint density at radius 3 is 2.22 bits per heavy atom. The molecule has 140 valence electrons. The molecular formula is C23H24FNO2.